The Morgan fingerprint density at radius 2 is 1.86 bits per heavy atom. The van der Waals surface area contributed by atoms with Gasteiger partial charge in [0.05, 0.1) is 12.6 Å². The molecule has 1 saturated carbocycles. The van der Waals surface area contributed by atoms with E-state index in [4.69, 9.17) is 4.52 Å². The first-order valence-corrected chi connectivity index (χ1v) is 11.1. The third-order valence-electron chi connectivity index (χ3n) is 6.44. The molecule has 0 radical (unpaired) electrons. The van der Waals surface area contributed by atoms with Crippen molar-refractivity contribution in [1.29, 1.82) is 0 Å². The molecule has 0 bridgehead atoms. The summed E-state index contributed by atoms with van der Waals surface area (Å²) in [6.45, 7) is 4.09. The van der Waals surface area contributed by atoms with E-state index in [1.165, 1.54) is 37.7 Å². The Labute approximate surface area is 173 Å². The van der Waals surface area contributed by atoms with Gasteiger partial charge in [-0.25, -0.2) is 0 Å². The van der Waals surface area contributed by atoms with Crippen molar-refractivity contribution >= 4 is 5.91 Å². The van der Waals surface area contributed by atoms with E-state index in [1.54, 1.807) is 0 Å². The third-order valence-corrected chi connectivity index (χ3v) is 6.44. The zero-order valence-corrected chi connectivity index (χ0v) is 17.3. The average Bonchev–Trinajstić information content (AvgIpc) is 3.20. The summed E-state index contributed by atoms with van der Waals surface area (Å²) in [6, 6.07) is 10.6. The van der Waals surface area contributed by atoms with Crippen LogP contribution < -0.4 is 5.32 Å². The maximum Gasteiger partial charge on any atom is 0.234 e. The molecule has 2 fully saturated rings. The number of hydrogen-bond donors (Lipinski definition) is 1. The third kappa shape index (κ3) is 5.24. The van der Waals surface area contributed by atoms with E-state index in [0.717, 1.165) is 31.8 Å². The molecule has 29 heavy (non-hydrogen) atoms. The molecular formula is C23H32N4O2. The molecule has 156 valence electrons. The summed E-state index contributed by atoms with van der Waals surface area (Å²) in [6.07, 6.45) is 8.18. The van der Waals surface area contributed by atoms with Crippen LogP contribution in [0.25, 0.3) is 0 Å². The summed E-state index contributed by atoms with van der Waals surface area (Å²) >= 11 is 0. The average molecular weight is 397 g/mol. The highest BCUT2D eigenvalue weighted by atomic mass is 16.5. The highest BCUT2D eigenvalue weighted by molar-refractivity contribution is 5.78. The Bertz CT molecular complexity index is 777. The van der Waals surface area contributed by atoms with Crippen molar-refractivity contribution in [3.8, 4) is 0 Å². The number of carbonyl (C=O) groups excluding carboxylic acids is 1. The van der Waals surface area contributed by atoms with Crippen LogP contribution in [0, 0.1) is 12.8 Å². The predicted molar refractivity (Wildman–Crippen MR) is 111 cm³/mol. The van der Waals surface area contributed by atoms with E-state index < -0.39 is 0 Å². The fourth-order valence-corrected chi connectivity index (χ4v) is 4.84. The monoisotopic (exact) mass is 396 g/mol. The molecular weight excluding hydrogens is 364 g/mol. The Hall–Kier alpha value is -2.21. The van der Waals surface area contributed by atoms with Gasteiger partial charge in [0.2, 0.25) is 11.8 Å². The van der Waals surface area contributed by atoms with Gasteiger partial charge in [0.15, 0.2) is 5.82 Å². The fourth-order valence-electron chi connectivity index (χ4n) is 4.84. The van der Waals surface area contributed by atoms with Crippen molar-refractivity contribution in [3.05, 3.63) is 47.6 Å². The van der Waals surface area contributed by atoms with Crippen LogP contribution in [0.1, 0.15) is 74.2 Å². The number of aryl methyl sites for hydroxylation is 1. The molecule has 2 aromatic rings. The Morgan fingerprint density at radius 1 is 1.14 bits per heavy atom. The number of piperidine rings is 1. The second-order valence-corrected chi connectivity index (χ2v) is 8.58. The largest absolute Gasteiger partial charge is 0.348 e. The molecule has 6 nitrogen and oxygen atoms in total. The van der Waals surface area contributed by atoms with Gasteiger partial charge in [-0.2, -0.15) is 4.98 Å². The molecule has 0 spiro atoms. The van der Waals surface area contributed by atoms with Crippen LogP contribution in [0.3, 0.4) is 0 Å². The van der Waals surface area contributed by atoms with Crippen molar-refractivity contribution in [3.63, 3.8) is 0 Å². The normalized spacial score (nSPS) is 20.4. The zero-order valence-electron chi connectivity index (χ0n) is 17.3. The topological polar surface area (TPSA) is 71.3 Å². The molecule has 1 amide bonds. The number of rotatable bonds is 6. The molecule has 1 aromatic heterocycles. The van der Waals surface area contributed by atoms with E-state index in [2.05, 4.69) is 44.6 Å². The van der Waals surface area contributed by atoms with Crippen LogP contribution in [-0.4, -0.2) is 40.6 Å². The second kappa shape index (κ2) is 9.53. The van der Waals surface area contributed by atoms with Gasteiger partial charge in [-0.05, 0) is 57.2 Å². The summed E-state index contributed by atoms with van der Waals surface area (Å²) in [7, 11) is 0. The minimum Gasteiger partial charge on any atom is -0.348 e. The van der Waals surface area contributed by atoms with Gasteiger partial charge in [-0.3, -0.25) is 9.69 Å². The molecule has 1 aliphatic carbocycles. The summed E-state index contributed by atoms with van der Waals surface area (Å²) in [5.41, 5.74) is 1.23. The number of benzene rings is 1. The van der Waals surface area contributed by atoms with Gasteiger partial charge in [0, 0.05) is 5.92 Å². The molecule has 1 aromatic carbocycles. The molecule has 6 heteroatoms. The molecule has 1 unspecified atom stereocenters. The minimum absolute atomic E-state index is 0.128. The predicted octanol–water partition coefficient (Wildman–Crippen LogP) is 4.00. The quantitative estimate of drug-likeness (QED) is 0.799. The molecule has 2 heterocycles. The van der Waals surface area contributed by atoms with Gasteiger partial charge in [-0.15, -0.1) is 0 Å². The first kappa shape index (κ1) is 20.1. The van der Waals surface area contributed by atoms with E-state index >= 15 is 0 Å². The van der Waals surface area contributed by atoms with E-state index in [9.17, 15) is 4.79 Å². The lowest BCUT2D eigenvalue weighted by molar-refractivity contribution is -0.123. The molecule has 1 atom stereocenters. The van der Waals surface area contributed by atoms with Crippen LogP contribution >= 0.6 is 0 Å². The number of hydrogen-bond acceptors (Lipinski definition) is 5. The summed E-state index contributed by atoms with van der Waals surface area (Å²) in [4.78, 5) is 19.5. The van der Waals surface area contributed by atoms with Gasteiger partial charge in [0.1, 0.15) is 0 Å². The minimum atomic E-state index is 0.128. The first-order chi connectivity index (χ1) is 14.2. The van der Waals surface area contributed by atoms with Gasteiger partial charge in [0.25, 0.3) is 0 Å². The number of carbonyl (C=O) groups is 1. The summed E-state index contributed by atoms with van der Waals surface area (Å²) in [5, 5.41) is 7.28. The van der Waals surface area contributed by atoms with Gasteiger partial charge >= 0.3 is 0 Å². The number of aromatic nitrogens is 2. The molecule has 1 saturated heterocycles. The van der Waals surface area contributed by atoms with Crippen molar-refractivity contribution in [2.45, 2.75) is 63.8 Å². The second-order valence-electron chi connectivity index (χ2n) is 8.58. The fraction of sp³-hybridized carbons (Fsp3) is 0.609. The van der Waals surface area contributed by atoms with E-state index in [1.807, 2.05) is 13.0 Å². The van der Waals surface area contributed by atoms with Crippen molar-refractivity contribution < 1.29 is 9.32 Å². The lowest BCUT2D eigenvalue weighted by atomic mass is 9.81. The Morgan fingerprint density at radius 3 is 2.52 bits per heavy atom. The number of nitrogens with one attached hydrogen (secondary N) is 1. The lowest BCUT2D eigenvalue weighted by Crippen LogP contribution is -2.43. The maximum absolute atomic E-state index is 12.9. The Kier molecular flexibility index (Phi) is 6.60. The summed E-state index contributed by atoms with van der Waals surface area (Å²) < 4.78 is 5.33. The highest BCUT2D eigenvalue weighted by Gasteiger charge is 2.29. The van der Waals surface area contributed by atoms with E-state index in [-0.39, 0.29) is 11.9 Å². The maximum atomic E-state index is 12.9. The zero-order chi connectivity index (χ0) is 20.1. The lowest BCUT2D eigenvalue weighted by Gasteiger charge is -2.33. The standard InChI is InChI=1S/C23H32N4O2/c1-17-24-23(29-26-17)20-12-14-27(15-13-20)16-21(28)25-22(18-8-4-2-5-9-18)19-10-6-3-7-11-19/h2,4-5,8-9,19-20,22H,3,6-7,10-16H2,1H3,(H,25,28). The molecule has 4 rings (SSSR count). The van der Waals surface area contributed by atoms with Crippen LogP contribution in [0.2, 0.25) is 0 Å². The van der Waals surface area contributed by atoms with Crippen LogP contribution in [0.5, 0.6) is 0 Å². The molecule has 1 aliphatic heterocycles. The SMILES string of the molecule is Cc1noc(C2CCN(CC(=O)NC(c3ccccc3)C3CCCCC3)CC2)n1. The van der Waals surface area contributed by atoms with Crippen LogP contribution in [0.15, 0.2) is 34.9 Å². The Balaban J connectivity index is 1.32. The van der Waals surface area contributed by atoms with E-state index in [0.29, 0.717) is 24.2 Å². The van der Waals surface area contributed by atoms with Gasteiger partial charge in [-0.1, -0.05) is 54.8 Å². The highest BCUT2D eigenvalue weighted by Crippen LogP contribution is 2.34. The summed E-state index contributed by atoms with van der Waals surface area (Å²) in [5.74, 6) is 2.43. The van der Waals surface area contributed by atoms with Crippen LogP contribution in [-0.2, 0) is 4.79 Å². The van der Waals surface area contributed by atoms with Crippen molar-refractivity contribution in [1.82, 2.24) is 20.4 Å². The van der Waals surface area contributed by atoms with Gasteiger partial charge < -0.3 is 9.84 Å². The van der Waals surface area contributed by atoms with Crippen molar-refractivity contribution in [2.75, 3.05) is 19.6 Å². The number of amides is 1. The number of likely N-dealkylation sites (tertiary alicyclic amines) is 1. The van der Waals surface area contributed by atoms with Crippen LogP contribution in [0.4, 0.5) is 0 Å². The van der Waals surface area contributed by atoms with Crippen molar-refractivity contribution in [2.24, 2.45) is 5.92 Å². The molecule has 2 aliphatic rings. The smallest absolute Gasteiger partial charge is 0.234 e. The number of nitrogens with zero attached hydrogens (tertiary/aromatic N) is 3. The molecule has 1 N–H and O–H groups in total. The first-order valence-electron chi connectivity index (χ1n) is 11.1.